The van der Waals surface area contributed by atoms with E-state index in [2.05, 4.69) is 17.7 Å². The van der Waals surface area contributed by atoms with Crippen molar-refractivity contribution in [2.24, 2.45) is 17.7 Å². The summed E-state index contributed by atoms with van der Waals surface area (Å²) in [6.07, 6.45) is 2.61. The first-order valence-corrected chi connectivity index (χ1v) is 6.47. The highest BCUT2D eigenvalue weighted by molar-refractivity contribution is 5.99. The number of hydrogen-bond acceptors (Lipinski definition) is 3. The lowest BCUT2D eigenvalue weighted by molar-refractivity contribution is 0.0947. The first-order chi connectivity index (χ1) is 8.61. The summed E-state index contributed by atoms with van der Waals surface area (Å²) >= 11 is 0. The molecule has 1 aromatic rings. The van der Waals surface area contributed by atoms with Crippen LogP contribution >= 0.6 is 0 Å². The molecule has 0 saturated heterocycles. The number of nitrogens with one attached hydrogen (secondary N) is 2. The predicted octanol–water partition coefficient (Wildman–Crippen LogP) is 2.06. The summed E-state index contributed by atoms with van der Waals surface area (Å²) in [5, 5.41) is 2.99. The molecule has 1 atom stereocenters. The SMILES string of the molecule is Cc1ccc(NN)c(C(=O)NCC(C)C2CC2)c1. The Labute approximate surface area is 108 Å². The number of hydrogen-bond donors (Lipinski definition) is 3. The van der Waals surface area contributed by atoms with Crippen LogP contribution in [0.5, 0.6) is 0 Å². The van der Waals surface area contributed by atoms with Crippen LogP contribution in [-0.4, -0.2) is 12.5 Å². The molecule has 98 valence electrons. The number of aryl methyl sites for hydroxylation is 1. The van der Waals surface area contributed by atoms with E-state index in [1.54, 1.807) is 0 Å². The third-order valence-electron chi connectivity index (χ3n) is 3.59. The summed E-state index contributed by atoms with van der Waals surface area (Å²) < 4.78 is 0. The summed E-state index contributed by atoms with van der Waals surface area (Å²) in [7, 11) is 0. The Morgan fingerprint density at radius 2 is 2.22 bits per heavy atom. The van der Waals surface area contributed by atoms with Crippen LogP contribution in [0.2, 0.25) is 0 Å². The zero-order valence-electron chi connectivity index (χ0n) is 11.0. The number of nitrogen functional groups attached to an aromatic ring is 1. The molecule has 4 heteroatoms. The molecule has 0 spiro atoms. The van der Waals surface area contributed by atoms with Gasteiger partial charge in [0, 0.05) is 6.54 Å². The quantitative estimate of drug-likeness (QED) is 0.551. The van der Waals surface area contributed by atoms with Gasteiger partial charge in [-0.05, 0) is 43.7 Å². The highest BCUT2D eigenvalue weighted by Crippen LogP contribution is 2.36. The fourth-order valence-electron chi connectivity index (χ4n) is 2.15. The van der Waals surface area contributed by atoms with Gasteiger partial charge in [-0.1, -0.05) is 18.6 Å². The normalized spacial score (nSPS) is 16.2. The van der Waals surface area contributed by atoms with Gasteiger partial charge in [0.2, 0.25) is 0 Å². The molecular formula is C14H21N3O. The van der Waals surface area contributed by atoms with Crippen LogP contribution in [0.1, 0.15) is 35.7 Å². The molecule has 0 radical (unpaired) electrons. The second-order valence-corrected chi connectivity index (χ2v) is 5.22. The van der Waals surface area contributed by atoms with Gasteiger partial charge >= 0.3 is 0 Å². The van der Waals surface area contributed by atoms with Crippen molar-refractivity contribution in [2.45, 2.75) is 26.7 Å². The molecule has 0 aliphatic heterocycles. The zero-order valence-corrected chi connectivity index (χ0v) is 11.0. The molecule has 2 rings (SSSR count). The van der Waals surface area contributed by atoms with Crippen LogP contribution < -0.4 is 16.6 Å². The number of rotatable bonds is 5. The first-order valence-electron chi connectivity index (χ1n) is 6.47. The number of nitrogens with two attached hydrogens (primary N) is 1. The second-order valence-electron chi connectivity index (χ2n) is 5.22. The number of carbonyl (C=O) groups excluding carboxylic acids is 1. The fraction of sp³-hybridized carbons (Fsp3) is 0.500. The second kappa shape index (κ2) is 5.40. The van der Waals surface area contributed by atoms with E-state index in [0.717, 1.165) is 18.0 Å². The molecule has 1 fully saturated rings. The Bertz CT molecular complexity index is 441. The van der Waals surface area contributed by atoms with Gasteiger partial charge in [-0.2, -0.15) is 0 Å². The Kier molecular flexibility index (Phi) is 3.87. The van der Waals surface area contributed by atoms with Crippen molar-refractivity contribution >= 4 is 11.6 Å². The van der Waals surface area contributed by atoms with Gasteiger partial charge in [0.15, 0.2) is 0 Å². The fourth-order valence-corrected chi connectivity index (χ4v) is 2.15. The first kappa shape index (κ1) is 12.9. The van der Waals surface area contributed by atoms with Crippen LogP contribution in [0, 0.1) is 18.8 Å². The van der Waals surface area contributed by atoms with Crippen molar-refractivity contribution in [3.8, 4) is 0 Å². The maximum Gasteiger partial charge on any atom is 0.253 e. The van der Waals surface area contributed by atoms with E-state index in [1.165, 1.54) is 12.8 Å². The lowest BCUT2D eigenvalue weighted by Crippen LogP contribution is -2.30. The van der Waals surface area contributed by atoms with E-state index < -0.39 is 0 Å². The molecule has 4 nitrogen and oxygen atoms in total. The van der Waals surface area contributed by atoms with E-state index in [9.17, 15) is 4.79 Å². The van der Waals surface area contributed by atoms with Crippen molar-refractivity contribution in [1.82, 2.24) is 5.32 Å². The predicted molar refractivity (Wildman–Crippen MR) is 73.2 cm³/mol. The van der Waals surface area contributed by atoms with E-state index >= 15 is 0 Å². The number of hydrazine groups is 1. The van der Waals surface area contributed by atoms with Gasteiger partial charge in [0.05, 0.1) is 11.3 Å². The largest absolute Gasteiger partial charge is 0.352 e. The van der Waals surface area contributed by atoms with Crippen molar-refractivity contribution < 1.29 is 4.79 Å². The average Bonchev–Trinajstić information content (AvgIpc) is 3.19. The topological polar surface area (TPSA) is 67.1 Å². The van der Waals surface area contributed by atoms with E-state index in [0.29, 0.717) is 17.2 Å². The van der Waals surface area contributed by atoms with Crippen molar-refractivity contribution in [1.29, 1.82) is 0 Å². The molecule has 1 aliphatic carbocycles. The number of carbonyl (C=O) groups is 1. The molecule has 4 N–H and O–H groups in total. The van der Waals surface area contributed by atoms with Crippen LogP contribution in [0.4, 0.5) is 5.69 Å². The summed E-state index contributed by atoms with van der Waals surface area (Å²) in [5.74, 6) is 6.73. The van der Waals surface area contributed by atoms with E-state index in [-0.39, 0.29) is 5.91 Å². The van der Waals surface area contributed by atoms with Gasteiger partial charge in [-0.25, -0.2) is 0 Å². The van der Waals surface area contributed by atoms with Crippen molar-refractivity contribution in [3.63, 3.8) is 0 Å². The maximum atomic E-state index is 12.1. The monoisotopic (exact) mass is 247 g/mol. The summed E-state index contributed by atoms with van der Waals surface area (Å²) in [6.45, 7) is 4.89. The van der Waals surface area contributed by atoms with Gasteiger partial charge in [0.1, 0.15) is 0 Å². The minimum Gasteiger partial charge on any atom is -0.352 e. The number of amides is 1. The molecule has 1 amide bonds. The Balaban J connectivity index is 2.00. The lowest BCUT2D eigenvalue weighted by Gasteiger charge is -2.13. The Morgan fingerprint density at radius 1 is 1.50 bits per heavy atom. The molecule has 18 heavy (non-hydrogen) atoms. The van der Waals surface area contributed by atoms with Crippen molar-refractivity contribution in [2.75, 3.05) is 12.0 Å². The van der Waals surface area contributed by atoms with Crippen LogP contribution in [0.3, 0.4) is 0 Å². The lowest BCUT2D eigenvalue weighted by atomic mass is 10.1. The molecule has 1 saturated carbocycles. The zero-order chi connectivity index (χ0) is 13.1. The van der Waals surface area contributed by atoms with Crippen LogP contribution in [0.15, 0.2) is 18.2 Å². The Hall–Kier alpha value is -1.55. The van der Waals surface area contributed by atoms with Gasteiger partial charge in [-0.3, -0.25) is 10.6 Å². The van der Waals surface area contributed by atoms with E-state index in [4.69, 9.17) is 5.84 Å². The summed E-state index contributed by atoms with van der Waals surface area (Å²) in [4.78, 5) is 12.1. The molecule has 1 aromatic carbocycles. The van der Waals surface area contributed by atoms with Gasteiger partial charge in [-0.15, -0.1) is 0 Å². The third kappa shape index (κ3) is 3.01. The minimum absolute atomic E-state index is 0.0563. The molecule has 1 aliphatic rings. The Morgan fingerprint density at radius 3 is 2.83 bits per heavy atom. The smallest absolute Gasteiger partial charge is 0.253 e. The maximum absolute atomic E-state index is 12.1. The highest BCUT2D eigenvalue weighted by Gasteiger charge is 2.28. The minimum atomic E-state index is -0.0563. The highest BCUT2D eigenvalue weighted by atomic mass is 16.1. The number of anilines is 1. The summed E-state index contributed by atoms with van der Waals surface area (Å²) in [5.41, 5.74) is 4.89. The molecule has 0 aromatic heterocycles. The molecule has 0 heterocycles. The third-order valence-corrected chi connectivity index (χ3v) is 3.59. The standard InChI is InChI=1S/C14H21N3O/c1-9-3-6-13(17-15)12(7-9)14(18)16-8-10(2)11-4-5-11/h3,6-7,10-11,17H,4-5,8,15H2,1-2H3,(H,16,18). The summed E-state index contributed by atoms with van der Waals surface area (Å²) in [6, 6.07) is 5.61. The number of benzene rings is 1. The van der Waals surface area contributed by atoms with Crippen LogP contribution in [0.25, 0.3) is 0 Å². The van der Waals surface area contributed by atoms with Gasteiger partial charge in [0.25, 0.3) is 5.91 Å². The molecule has 0 bridgehead atoms. The van der Waals surface area contributed by atoms with Crippen molar-refractivity contribution in [3.05, 3.63) is 29.3 Å². The molecule has 1 unspecified atom stereocenters. The average molecular weight is 247 g/mol. The molecular weight excluding hydrogens is 226 g/mol. The van der Waals surface area contributed by atoms with Crippen LogP contribution in [-0.2, 0) is 0 Å². The van der Waals surface area contributed by atoms with Gasteiger partial charge < -0.3 is 10.7 Å². The van der Waals surface area contributed by atoms with E-state index in [1.807, 2.05) is 25.1 Å².